The lowest BCUT2D eigenvalue weighted by atomic mass is 10.3. The minimum absolute atomic E-state index is 0.167. The lowest BCUT2D eigenvalue weighted by Gasteiger charge is -1.80. The summed E-state index contributed by atoms with van der Waals surface area (Å²) < 4.78 is 0. The second-order valence-electron chi connectivity index (χ2n) is 3.53. The first-order chi connectivity index (χ1) is 4.88. The third-order valence-electron chi connectivity index (χ3n) is 0. The maximum absolute atomic E-state index is 8.06. The number of hydrogen-bond donors (Lipinski definition) is 1. The Labute approximate surface area is 72.8 Å². The van der Waals surface area contributed by atoms with Gasteiger partial charge in [0.1, 0.15) is 0 Å². The van der Waals surface area contributed by atoms with E-state index >= 15 is 0 Å². The monoisotopic (exact) mass is 162 g/mol. The molecule has 0 aliphatic heterocycles. The lowest BCUT2D eigenvalue weighted by Crippen LogP contribution is -1.85. The molecule has 0 heterocycles. The van der Waals surface area contributed by atoms with Crippen LogP contribution in [0.4, 0.5) is 0 Å². The van der Waals surface area contributed by atoms with Crippen molar-refractivity contribution in [1.82, 2.24) is 0 Å². The van der Waals surface area contributed by atoms with E-state index in [2.05, 4.69) is 34.6 Å². The van der Waals surface area contributed by atoms with Crippen LogP contribution in [0.1, 0.15) is 54.9 Å². The molecule has 0 spiro atoms. The minimum Gasteiger partial charge on any atom is -0.394 e. The summed E-state index contributed by atoms with van der Waals surface area (Å²) in [5.41, 5.74) is 0. The van der Waals surface area contributed by atoms with E-state index in [4.69, 9.17) is 5.11 Å². The van der Waals surface area contributed by atoms with E-state index in [1.807, 2.05) is 0 Å². The first kappa shape index (κ1) is 17.2. The van der Waals surface area contributed by atoms with E-state index in [0.29, 0.717) is 0 Å². The number of hydrogen-bond acceptors (Lipinski definition) is 1. The molecular formula is C10H26O. The molecule has 1 nitrogen and oxygen atoms in total. The Bertz CT molecular complexity index is 28.6. The highest BCUT2D eigenvalue weighted by Gasteiger charge is 1.69. The average molecular weight is 162 g/mol. The molecule has 0 saturated heterocycles. The number of rotatable bonds is 0. The first-order valence-corrected chi connectivity index (χ1v) is 4.56. The van der Waals surface area contributed by atoms with Crippen LogP contribution >= 0.6 is 0 Å². The van der Waals surface area contributed by atoms with Gasteiger partial charge in [-0.2, -0.15) is 0 Å². The van der Waals surface area contributed by atoms with Crippen LogP contribution in [-0.4, -0.2) is 11.2 Å². The van der Waals surface area contributed by atoms with E-state index < -0.39 is 0 Å². The Morgan fingerprint density at radius 3 is 0.909 bits per heavy atom. The van der Waals surface area contributed by atoms with Crippen LogP contribution in [0.2, 0.25) is 0 Å². The van der Waals surface area contributed by atoms with Crippen molar-refractivity contribution in [2.45, 2.75) is 61.0 Å². The molecule has 0 amide bonds. The Hall–Kier alpha value is -0.0400. The van der Waals surface area contributed by atoms with Gasteiger partial charge < -0.3 is 5.11 Å². The molecule has 0 aromatic carbocycles. The van der Waals surface area contributed by atoms with Gasteiger partial charge in [0.05, 0.1) is 0 Å². The van der Waals surface area contributed by atoms with Crippen molar-refractivity contribution < 1.29 is 5.11 Å². The summed E-state index contributed by atoms with van der Waals surface area (Å²) in [5, 5.41) is 8.06. The molecule has 1 N–H and O–H groups in total. The number of aliphatic hydroxyl groups is 1. The summed E-state index contributed by atoms with van der Waals surface area (Å²) in [6.45, 7) is 14.2. The maximum atomic E-state index is 8.06. The molecular weight excluding hydrogens is 136 g/mol. The van der Waals surface area contributed by atoms with Gasteiger partial charge in [0, 0.05) is 6.10 Å². The zero-order valence-corrected chi connectivity index (χ0v) is 9.31. The van der Waals surface area contributed by atoms with Gasteiger partial charge in [-0.3, -0.25) is 0 Å². The van der Waals surface area contributed by atoms with Crippen LogP contribution in [0.5, 0.6) is 0 Å². The average Bonchev–Trinajstić information content (AvgIpc) is 1.60. The van der Waals surface area contributed by atoms with Crippen molar-refractivity contribution in [2.75, 3.05) is 0 Å². The van der Waals surface area contributed by atoms with E-state index in [1.165, 1.54) is 6.42 Å². The van der Waals surface area contributed by atoms with Gasteiger partial charge in [-0.25, -0.2) is 0 Å². The molecule has 72 valence electrons. The van der Waals surface area contributed by atoms with E-state index in [0.717, 1.165) is 5.92 Å². The molecule has 0 saturated carbocycles. The fraction of sp³-hybridized carbons (Fsp3) is 1.00. The summed E-state index contributed by atoms with van der Waals surface area (Å²) in [5.74, 6) is 0.833. The second kappa shape index (κ2) is 16.5. The summed E-state index contributed by atoms with van der Waals surface area (Å²) in [4.78, 5) is 0. The summed E-state index contributed by atoms with van der Waals surface area (Å²) >= 11 is 0. The van der Waals surface area contributed by atoms with Crippen LogP contribution < -0.4 is 0 Å². The molecule has 0 bridgehead atoms. The van der Waals surface area contributed by atoms with Crippen molar-refractivity contribution in [1.29, 1.82) is 0 Å². The van der Waals surface area contributed by atoms with Crippen molar-refractivity contribution >= 4 is 0 Å². The normalized spacial score (nSPS) is 8.18. The highest BCUT2D eigenvalue weighted by atomic mass is 16.3. The minimum atomic E-state index is -0.167. The van der Waals surface area contributed by atoms with Gasteiger partial charge in [0.15, 0.2) is 0 Å². The Balaban J connectivity index is -0.0000000886. The summed E-state index contributed by atoms with van der Waals surface area (Å²) in [6.07, 6.45) is 1.08. The summed E-state index contributed by atoms with van der Waals surface area (Å²) in [7, 11) is 0. The van der Waals surface area contributed by atoms with Crippen LogP contribution in [0.15, 0.2) is 0 Å². The van der Waals surface area contributed by atoms with Crippen LogP contribution in [0, 0.1) is 5.92 Å². The predicted octanol–water partition coefficient (Wildman–Crippen LogP) is 3.47. The summed E-state index contributed by atoms with van der Waals surface area (Å²) in [6, 6.07) is 0. The highest BCUT2D eigenvalue weighted by Crippen LogP contribution is 1.81. The molecule has 0 aromatic rings. The molecule has 1 heteroatoms. The van der Waals surface area contributed by atoms with Crippen molar-refractivity contribution in [3.05, 3.63) is 0 Å². The highest BCUT2D eigenvalue weighted by molar-refractivity contribution is 4.21. The smallest absolute Gasteiger partial charge is 0.0483 e. The molecule has 11 heavy (non-hydrogen) atoms. The van der Waals surface area contributed by atoms with Crippen molar-refractivity contribution in [2.24, 2.45) is 5.92 Å². The van der Waals surface area contributed by atoms with E-state index in [1.54, 1.807) is 13.8 Å². The number of aliphatic hydroxyl groups excluding tert-OH is 1. The van der Waals surface area contributed by atoms with Crippen LogP contribution in [0.3, 0.4) is 0 Å². The third-order valence-corrected chi connectivity index (χ3v) is 0. The molecule has 0 aliphatic rings. The predicted molar refractivity (Wildman–Crippen MR) is 53.8 cm³/mol. The SMILES string of the molecule is CC(C)C.CC(C)O.CCC. The molecule has 0 radical (unpaired) electrons. The van der Waals surface area contributed by atoms with Gasteiger partial charge in [-0.1, -0.05) is 41.0 Å². The van der Waals surface area contributed by atoms with Gasteiger partial charge in [-0.15, -0.1) is 0 Å². The molecule has 0 aliphatic carbocycles. The fourth-order valence-corrected chi connectivity index (χ4v) is 0. The Kier molecular flexibility index (Phi) is 25.7. The fourth-order valence-electron chi connectivity index (χ4n) is 0. The quantitative estimate of drug-likeness (QED) is 0.578. The van der Waals surface area contributed by atoms with Gasteiger partial charge >= 0.3 is 0 Å². The van der Waals surface area contributed by atoms with Gasteiger partial charge in [-0.05, 0) is 19.8 Å². The van der Waals surface area contributed by atoms with Crippen molar-refractivity contribution in [3.63, 3.8) is 0 Å². The third kappa shape index (κ3) is 394000. The standard InChI is InChI=1S/C4H10.C3H8O.C3H8/c1-4(2)3;1-3(2)4;1-3-2/h4H,1-3H3;3-4H,1-2H3;3H2,1-2H3. The van der Waals surface area contributed by atoms with Gasteiger partial charge in [0.2, 0.25) is 0 Å². The molecule has 0 atom stereocenters. The van der Waals surface area contributed by atoms with Crippen LogP contribution in [-0.2, 0) is 0 Å². The Morgan fingerprint density at radius 2 is 0.909 bits per heavy atom. The molecule has 0 aromatic heterocycles. The molecule has 0 fully saturated rings. The maximum Gasteiger partial charge on any atom is 0.0483 e. The van der Waals surface area contributed by atoms with E-state index in [9.17, 15) is 0 Å². The largest absolute Gasteiger partial charge is 0.394 e. The van der Waals surface area contributed by atoms with E-state index in [-0.39, 0.29) is 6.10 Å². The molecule has 0 rings (SSSR count). The molecule has 0 unspecified atom stereocenters. The van der Waals surface area contributed by atoms with Gasteiger partial charge in [0.25, 0.3) is 0 Å². The zero-order valence-electron chi connectivity index (χ0n) is 9.31. The van der Waals surface area contributed by atoms with Crippen molar-refractivity contribution in [3.8, 4) is 0 Å². The van der Waals surface area contributed by atoms with Crippen LogP contribution in [0.25, 0.3) is 0 Å². The topological polar surface area (TPSA) is 20.2 Å². The Morgan fingerprint density at radius 1 is 0.909 bits per heavy atom. The zero-order chi connectivity index (χ0) is 9.86. The second-order valence-corrected chi connectivity index (χ2v) is 3.53. The first-order valence-electron chi connectivity index (χ1n) is 4.56. The lowest BCUT2D eigenvalue weighted by molar-refractivity contribution is 0.216.